The van der Waals surface area contributed by atoms with Gasteiger partial charge < -0.3 is 19.4 Å². The zero-order valence-electron chi connectivity index (χ0n) is 18.5. The van der Waals surface area contributed by atoms with Crippen LogP contribution in [0.3, 0.4) is 0 Å². The molecular formula is C26H25Cl2N3O3. The smallest absolute Gasteiger partial charge is 0.257 e. The molecule has 0 saturated heterocycles. The Morgan fingerprint density at radius 3 is 2.53 bits per heavy atom. The van der Waals surface area contributed by atoms with E-state index in [1.54, 1.807) is 24.3 Å². The molecule has 1 N–H and O–H groups in total. The van der Waals surface area contributed by atoms with Crippen LogP contribution in [0, 0.1) is 0 Å². The van der Waals surface area contributed by atoms with Gasteiger partial charge in [0, 0.05) is 24.5 Å². The number of rotatable bonds is 11. The summed E-state index contributed by atoms with van der Waals surface area (Å²) in [5, 5.41) is 4.12. The molecule has 1 aromatic heterocycles. The molecule has 4 rings (SSSR count). The van der Waals surface area contributed by atoms with Gasteiger partial charge in [0.05, 0.1) is 22.7 Å². The van der Waals surface area contributed by atoms with Crippen molar-refractivity contribution >= 4 is 40.1 Å². The zero-order valence-corrected chi connectivity index (χ0v) is 20.1. The summed E-state index contributed by atoms with van der Waals surface area (Å²) in [6.07, 6.45) is 1.40. The molecule has 34 heavy (non-hydrogen) atoms. The number of nitrogens with one attached hydrogen (secondary N) is 1. The molecule has 0 fully saturated rings. The minimum absolute atomic E-state index is 0.0581. The van der Waals surface area contributed by atoms with E-state index < -0.39 is 0 Å². The first kappa shape index (κ1) is 23.9. The fourth-order valence-electron chi connectivity index (χ4n) is 3.58. The standard InChI is InChI=1S/C26H25Cl2N3O3/c27-19-10-12-20(13-11-19)34-18-26(32)29-15-14-25-30-22-7-2-3-8-23(22)31(25)16-5-17-33-24-9-4-1-6-21(24)28/h1-4,6-13H,5,14-18H2,(H,29,32). The first-order valence-electron chi connectivity index (χ1n) is 11.1. The third kappa shape index (κ3) is 6.43. The van der Waals surface area contributed by atoms with Crippen LogP contribution in [0.2, 0.25) is 10.0 Å². The lowest BCUT2D eigenvalue weighted by Gasteiger charge is -2.12. The molecule has 0 aliphatic carbocycles. The van der Waals surface area contributed by atoms with Crippen LogP contribution >= 0.6 is 23.2 Å². The van der Waals surface area contributed by atoms with Crippen molar-refractivity contribution in [3.63, 3.8) is 0 Å². The minimum atomic E-state index is -0.189. The highest BCUT2D eigenvalue weighted by molar-refractivity contribution is 6.32. The van der Waals surface area contributed by atoms with E-state index in [-0.39, 0.29) is 12.5 Å². The predicted octanol–water partition coefficient (Wildman–Crippen LogP) is 5.55. The Kier molecular flexibility index (Phi) is 8.28. The van der Waals surface area contributed by atoms with E-state index in [0.717, 1.165) is 29.8 Å². The predicted molar refractivity (Wildman–Crippen MR) is 135 cm³/mol. The molecule has 0 atom stereocenters. The number of amides is 1. The highest BCUT2D eigenvalue weighted by Crippen LogP contribution is 2.23. The van der Waals surface area contributed by atoms with Crippen LogP contribution in [-0.4, -0.2) is 35.2 Å². The number of hydrogen-bond acceptors (Lipinski definition) is 4. The molecule has 6 nitrogen and oxygen atoms in total. The molecule has 0 saturated carbocycles. The van der Waals surface area contributed by atoms with Crippen molar-refractivity contribution in [3.05, 3.63) is 88.7 Å². The van der Waals surface area contributed by atoms with Gasteiger partial charge in [-0.1, -0.05) is 47.5 Å². The number of fused-ring (bicyclic) bond motifs is 1. The second-order valence-corrected chi connectivity index (χ2v) is 8.49. The summed E-state index contributed by atoms with van der Waals surface area (Å²) in [5.74, 6) is 2.01. The first-order valence-corrected chi connectivity index (χ1v) is 11.8. The number of aryl methyl sites for hydroxylation is 1. The van der Waals surface area contributed by atoms with Crippen LogP contribution in [0.25, 0.3) is 11.0 Å². The molecule has 176 valence electrons. The molecule has 0 unspecified atom stereocenters. The summed E-state index contributed by atoms with van der Waals surface area (Å²) in [5.41, 5.74) is 1.99. The lowest BCUT2D eigenvalue weighted by Crippen LogP contribution is -2.31. The maximum Gasteiger partial charge on any atom is 0.257 e. The van der Waals surface area contributed by atoms with Crippen molar-refractivity contribution in [2.45, 2.75) is 19.4 Å². The number of benzene rings is 3. The van der Waals surface area contributed by atoms with E-state index in [9.17, 15) is 4.79 Å². The van der Waals surface area contributed by atoms with Gasteiger partial charge in [-0.2, -0.15) is 0 Å². The van der Waals surface area contributed by atoms with E-state index in [1.807, 2.05) is 42.5 Å². The van der Waals surface area contributed by atoms with Gasteiger partial charge in [-0.25, -0.2) is 4.98 Å². The average molecular weight is 498 g/mol. The van der Waals surface area contributed by atoms with Crippen molar-refractivity contribution < 1.29 is 14.3 Å². The van der Waals surface area contributed by atoms with Crippen molar-refractivity contribution in [2.75, 3.05) is 19.8 Å². The number of para-hydroxylation sites is 3. The monoisotopic (exact) mass is 497 g/mol. The molecule has 4 aromatic rings. The molecule has 3 aromatic carbocycles. The summed E-state index contributed by atoms with van der Waals surface area (Å²) < 4.78 is 13.5. The Morgan fingerprint density at radius 1 is 0.941 bits per heavy atom. The maximum absolute atomic E-state index is 12.2. The Bertz CT molecular complexity index is 1240. The van der Waals surface area contributed by atoms with E-state index >= 15 is 0 Å². The average Bonchev–Trinajstić information content (AvgIpc) is 3.20. The molecule has 0 radical (unpaired) electrons. The lowest BCUT2D eigenvalue weighted by molar-refractivity contribution is -0.123. The normalized spacial score (nSPS) is 10.9. The molecule has 1 heterocycles. The number of imidazole rings is 1. The van der Waals surface area contributed by atoms with Crippen LogP contribution in [0.5, 0.6) is 11.5 Å². The second-order valence-electron chi connectivity index (χ2n) is 7.64. The number of aromatic nitrogens is 2. The van der Waals surface area contributed by atoms with Crippen molar-refractivity contribution in [2.24, 2.45) is 0 Å². The summed E-state index contributed by atoms with van der Waals surface area (Å²) in [6.45, 7) is 1.68. The number of ether oxygens (including phenoxy) is 2. The maximum atomic E-state index is 12.2. The second kappa shape index (κ2) is 11.8. The van der Waals surface area contributed by atoms with Crippen LogP contribution in [0.4, 0.5) is 0 Å². The van der Waals surface area contributed by atoms with Gasteiger partial charge in [0.2, 0.25) is 0 Å². The number of hydrogen-bond donors (Lipinski definition) is 1. The van der Waals surface area contributed by atoms with Crippen molar-refractivity contribution in [3.8, 4) is 11.5 Å². The van der Waals surface area contributed by atoms with Gasteiger partial charge in [-0.3, -0.25) is 4.79 Å². The third-order valence-electron chi connectivity index (χ3n) is 5.21. The van der Waals surface area contributed by atoms with Crippen LogP contribution in [0.1, 0.15) is 12.2 Å². The Hall–Kier alpha value is -3.22. The summed E-state index contributed by atoms with van der Waals surface area (Å²) >= 11 is 12.0. The molecule has 8 heteroatoms. The van der Waals surface area contributed by atoms with Crippen LogP contribution in [0.15, 0.2) is 72.8 Å². The van der Waals surface area contributed by atoms with E-state index in [4.69, 9.17) is 37.7 Å². The number of halogens is 2. The van der Waals surface area contributed by atoms with E-state index in [1.165, 1.54) is 0 Å². The largest absolute Gasteiger partial charge is 0.492 e. The van der Waals surface area contributed by atoms with Gasteiger partial charge in [-0.15, -0.1) is 0 Å². The number of carbonyl (C=O) groups excluding carboxylic acids is 1. The Morgan fingerprint density at radius 2 is 1.71 bits per heavy atom. The highest BCUT2D eigenvalue weighted by atomic mass is 35.5. The summed E-state index contributed by atoms with van der Waals surface area (Å²) in [4.78, 5) is 17.0. The first-order chi connectivity index (χ1) is 16.6. The number of nitrogens with zero attached hydrogens (tertiary/aromatic N) is 2. The van der Waals surface area contributed by atoms with Crippen LogP contribution in [-0.2, 0) is 17.8 Å². The van der Waals surface area contributed by atoms with E-state index in [0.29, 0.717) is 41.1 Å². The fourth-order valence-corrected chi connectivity index (χ4v) is 3.89. The third-order valence-corrected chi connectivity index (χ3v) is 5.77. The molecule has 1 amide bonds. The van der Waals surface area contributed by atoms with Gasteiger partial charge in [-0.05, 0) is 55.0 Å². The van der Waals surface area contributed by atoms with E-state index in [2.05, 4.69) is 16.0 Å². The molecular weight excluding hydrogens is 473 g/mol. The topological polar surface area (TPSA) is 65.4 Å². The SMILES string of the molecule is O=C(COc1ccc(Cl)cc1)NCCc1nc2ccccc2n1CCCOc1ccccc1Cl. The molecule has 0 aliphatic rings. The fraction of sp³-hybridized carbons (Fsp3) is 0.231. The van der Waals surface area contributed by atoms with Gasteiger partial charge in [0.15, 0.2) is 6.61 Å². The lowest BCUT2D eigenvalue weighted by atomic mass is 10.3. The molecule has 0 bridgehead atoms. The summed E-state index contributed by atoms with van der Waals surface area (Å²) in [7, 11) is 0. The Balaban J connectivity index is 1.30. The summed E-state index contributed by atoms with van der Waals surface area (Å²) in [6, 6.07) is 22.4. The van der Waals surface area contributed by atoms with Crippen molar-refractivity contribution in [1.82, 2.24) is 14.9 Å². The molecule has 0 spiro atoms. The van der Waals surface area contributed by atoms with Gasteiger partial charge in [0.1, 0.15) is 17.3 Å². The van der Waals surface area contributed by atoms with Crippen molar-refractivity contribution in [1.29, 1.82) is 0 Å². The van der Waals surface area contributed by atoms with Gasteiger partial charge >= 0.3 is 0 Å². The quantitative estimate of drug-likeness (QED) is 0.276. The Labute approximate surface area is 208 Å². The van der Waals surface area contributed by atoms with Crippen LogP contribution < -0.4 is 14.8 Å². The highest BCUT2D eigenvalue weighted by Gasteiger charge is 2.11. The van der Waals surface area contributed by atoms with Gasteiger partial charge in [0.25, 0.3) is 5.91 Å². The molecule has 0 aliphatic heterocycles. The minimum Gasteiger partial charge on any atom is -0.492 e. The number of carbonyl (C=O) groups is 1. The zero-order chi connectivity index (χ0) is 23.8.